The quantitative estimate of drug-likeness (QED) is 0.270. The van der Waals surface area contributed by atoms with Crippen LogP contribution >= 0.6 is 45.2 Å². The average molecular weight is 426 g/mol. The molecule has 82 valence electrons. The van der Waals surface area contributed by atoms with Crippen molar-refractivity contribution in [2.45, 2.75) is 12.8 Å². The highest BCUT2D eigenvalue weighted by molar-refractivity contribution is 14.1. The molecular weight excluding hydrogens is 414 g/mol. The molecule has 0 N–H and O–H groups in total. The average Bonchev–Trinajstić information content (AvgIpc) is 2.13. The van der Waals surface area contributed by atoms with Gasteiger partial charge in [-0.2, -0.15) is 0 Å². The monoisotopic (exact) mass is 426 g/mol. The Morgan fingerprint density at radius 3 is 1.50 bits per heavy atom. The second-order valence-corrected chi connectivity index (χ2v) is 4.48. The molecule has 0 fully saturated rings. The molecule has 0 aromatic carbocycles. The lowest BCUT2D eigenvalue weighted by Crippen LogP contribution is -2.14. The molecule has 0 aliphatic carbocycles. The predicted octanol–water partition coefficient (Wildman–Crippen LogP) is 1.72. The fourth-order valence-electron chi connectivity index (χ4n) is 0.610. The number of carbonyl (C=O) groups excluding carboxylic acids is 2. The van der Waals surface area contributed by atoms with E-state index in [9.17, 15) is 9.59 Å². The topological polar surface area (TPSA) is 52.6 Å². The third-order valence-electron chi connectivity index (χ3n) is 1.21. The summed E-state index contributed by atoms with van der Waals surface area (Å²) in [6, 6.07) is 0. The SMILES string of the molecule is O=C(CCI)OCCOC(=O)CCI. The van der Waals surface area contributed by atoms with E-state index in [1.807, 2.05) is 0 Å². The lowest BCUT2D eigenvalue weighted by atomic mass is 10.5. The van der Waals surface area contributed by atoms with Crippen LogP contribution in [0, 0.1) is 0 Å². The minimum atomic E-state index is -0.246. The summed E-state index contributed by atoms with van der Waals surface area (Å²) in [6.07, 6.45) is 0.810. The van der Waals surface area contributed by atoms with Gasteiger partial charge in [0, 0.05) is 8.86 Å². The fourth-order valence-corrected chi connectivity index (χ4v) is 1.49. The van der Waals surface area contributed by atoms with Crippen molar-refractivity contribution in [3.05, 3.63) is 0 Å². The Morgan fingerprint density at radius 2 is 1.21 bits per heavy atom. The summed E-state index contributed by atoms with van der Waals surface area (Å²) in [4.78, 5) is 21.7. The van der Waals surface area contributed by atoms with Gasteiger partial charge in [-0.05, 0) is 0 Å². The molecule has 0 heterocycles. The van der Waals surface area contributed by atoms with E-state index in [2.05, 4.69) is 45.2 Å². The highest BCUT2D eigenvalue weighted by Crippen LogP contribution is 1.94. The van der Waals surface area contributed by atoms with Gasteiger partial charge in [0.15, 0.2) is 0 Å². The molecule has 0 aliphatic rings. The molecule has 0 unspecified atom stereocenters. The number of rotatable bonds is 7. The maximum atomic E-state index is 10.8. The van der Waals surface area contributed by atoms with Gasteiger partial charge >= 0.3 is 11.9 Å². The molecule has 0 atom stereocenters. The number of hydrogen-bond acceptors (Lipinski definition) is 4. The molecule has 0 aliphatic heterocycles. The van der Waals surface area contributed by atoms with Crippen LogP contribution in [0.3, 0.4) is 0 Å². The van der Waals surface area contributed by atoms with Crippen LogP contribution in [-0.2, 0) is 19.1 Å². The molecule has 0 bridgehead atoms. The lowest BCUT2D eigenvalue weighted by Gasteiger charge is -2.04. The van der Waals surface area contributed by atoms with Crippen molar-refractivity contribution in [1.82, 2.24) is 0 Å². The zero-order valence-corrected chi connectivity index (χ0v) is 11.9. The van der Waals surface area contributed by atoms with Crippen LogP contribution in [0.25, 0.3) is 0 Å². The molecule has 0 rings (SSSR count). The molecule has 0 aromatic heterocycles. The van der Waals surface area contributed by atoms with Crippen molar-refractivity contribution in [3.8, 4) is 0 Å². The summed E-state index contributed by atoms with van der Waals surface area (Å²) in [5.41, 5.74) is 0. The van der Waals surface area contributed by atoms with Crippen molar-refractivity contribution in [3.63, 3.8) is 0 Å². The van der Waals surface area contributed by atoms with E-state index in [4.69, 9.17) is 9.47 Å². The lowest BCUT2D eigenvalue weighted by molar-refractivity contribution is -0.151. The molecular formula is C8H12I2O4. The maximum absolute atomic E-state index is 10.8. The minimum absolute atomic E-state index is 0.155. The first-order valence-electron chi connectivity index (χ1n) is 4.14. The maximum Gasteiger partial charge on any atom is 0.306 e. The Labute approximate surface area is 110 Å². The third-order valence-corrected chi connectivity index (χ3v) is 2.29. The minimum Gasteiger partial charge on any atom is -0.462 e. The molecule has 0 aromatic rings. The molecule has 0 saturated heterocycles. The third kappa shape index (κ3) is 8.97. The van der Waals surface area contributed by atoms with Crippen LogP contribution in [0.2, 0.25) is 0 Å². The largest absolute Gasteiger partial charge is 0.462 e. The van der Waals surface area contributed by atoms with Crippen molar-refractivity contribution < 1.29 is 19.1 Å². The summed E-state index contributed by atoms with van der Waals surface area (Å²) in [5, 5.41) is 0. The molecule has 0 radical (unpaired) electrons. The van der Waals surface area contributed by atoms with Crippen molar-refractivity contribution in [2.24, 2.45) is 0 Å². The van der Waals surface area contributed by atoms with Gasteiger partial charge < -0.3 is 9.47 Å². The van der Waals surface area contributed by atoms with E-state index < -0.39 is 0 Å². The van der Waals surface area contributed by atoms with Crippen LogP contribution in [0.1, 0.15) is 12.8 Å². The number of alkyl halides is 2. The van der Waals surface area contributed by atoms with Gasteiger partial charge in [-0.1, -0.05) is 45.2 Å². The van der Waals surface area contributed by atoms with Crippen molar-refractivity contribution >= 4 is 57.1 Å². The van der Waals surface area contributed by atoms with Crippen LogP contribution in [-0.4, -0.2) is 34.0 Å². The van der Waals surface area contributed by atoms with Gasteiger partial charge in [0.2, 0.25) is 0 Å². The van der Waals surface area contributed by atoms with Crippen LogP contribution < -0.4 is 0 Å². The number of carbonyl (C=O) groups is 2. The fraction of sp³-hybridized carbons (Fsp3) is 0.750. The first-order valence-corrected chi connectivity index (χ1v) is 7.19. The Kier molecular flexibility index (Phi) is 10.2. The normalized spacial score (nSPS) is 9.57. The zero-order chi connectivity index (χ0) is 10.8. The summed E-state index contributed by atoms with van der Waals surface area (Å²) in [7, 11) is 0. The molecule has 14 heavy (non-hydrogen) atoms. The molecule has 0 spiro atoms. The van der Waals surface area contributed by atoms with Gasteiger partial charge in [0.25, 0.3) is 0 Å². The van der Waals surface area contributed by atoms with E-state index in [-0.39, 0.29) is 25.2 Å². The van der Waals surface area contributed by atoms with Gasteiger partial charge in [-0.25, -0.2) is 0 Å². The number of ether oxygens (including phenoxy) is 2. The smallest absolute Gasteiger partial charge is 0.306 e. The number of halogens is 2. The predicted molar refractivity (Wildman–Crippen MR) is 68.9 cm³/mol. The molecule has 6 heteroatoms. The molecule has 4 nitrogen and oxygen atoms in total. The molecule has 0 saturated carbocycles. The standard InChI is InChI=1S/C8H12I2O4/c9-3-1-7(11)13-5-6-14-8(12)2-4-10/h1-6H2. The highest BCUT2D eigenvalue weighted by Gasteiger charge is 2.03. The number of esters is 2. The Bertz CT molecular complexity index is 164. The summed E-state index contributed by atoms with van der Waals surface area (Å²) >= 11 is 4.20. The van der Waals surface area contributed by atoms with Crippen molar-refractivity contribution in [2.75, 3.05) is 22.1 Å². The summed E-state index contributed by atoms with van der Waals surface area (Å²) in [6.45, 7) is 0.310. The Hall–Kier alpha value is 0.400. The van der Waals surface area contributed by atoms with Gasteiger partial charge in [0.05, 0.1) is 12.8 Å². The first-order chi connectivity index (χ1) is 6.70. The van der Waals surface area contributed by atoms with Crippen LogP contribution in [0.4, 0.5) is 0 Å². The molecule has 0 amide bonds. The van der Waals surface area contributed by atoms with Gasteiger partial charge in [-0.3, -0.25) is 9.59 Å². The zero-order valence-electron chi connectivity index (χ0n) is 7.63. The first kappa shape index (κ1) is 14.4. The summed E-state index contributed by atoms with van der Waals surface area (Å²) in [5.74, 6) is -0.492. The number of hydrogen-bond donors (Lipinski definition) is 0. The van der Waals surface area contributed by atoms with E-state index in [0.717, 1.165) is 8.86 Å². The highest BCUT2D eigenvalue weighted by atomic mass is 127. The van der Waals surface area contributed by atoms with Gasteiger partial charge in [0.1, 0.15) is 13.2 Å². The Morgan fingerprint density at radius 1 is 0.857 bits per heavy atom. The summed E-state index contributed by atoms with van der Waals surface area (Å²) < 4.78 is 11.1. The van der Waals surface area contributed by atoms with Gasteiger partial charge in [-0.15, -0.1) is 0 Å². The van der Waals surface area contributed by atoms with E-state index in [1.165, 1.54) is 0 Å². The van der Waals surface area contributed by atoms with Crippen LogP contribution in [0.15, 0.2) is 0 Å². The van der Waals surface area contributed by atoms with Crippen LogP contribution in [0.5, 0.6) is 0 Å². The second-order valence-electron chi connectivity index (χ2n) is 2.32. The van der Waals surface area contributed by atoms with E-state index in [0.29, 0.717) is 12.8 Å². The Balaban J connectivity index is 3.28. The van der Waals surface area contributed by atoms with E-state index in [1.54, 1.807) is 0 Å². The van der Waals surface area contributed by atoms with Crippen molar-refractivity contribution in [1.29, 1.82) is 0 Å². The second kappa shape index (κ2) is 9.94. The van der Waals surface area contributed by atoms with E-state index >= 15 is 0 Å².